The highest BCUT2D eigenvalue weighted by molar-refractivity contribution is 7.92. The van der Waals surface area contributed by atoms with Gasteiger partial charge in [-0.15, -0.1) is 0 Å². The third kappa shape index (κ3) is 2.09. The molecular weight excluding hydrogens is 340 g/mol. The number of rotatable bonds is 3. The second-order valence-corrected chi connectivity index (χ2v) is 7.68. The Kier molecular flexibility index (Phi) is 3.28. The van der Waals surface area contributed by atoms with Crippen LogP contribution in [0.25, 0.3) is 0 Å². The van der Waals surface area contributed by atoms with Crippen LogP contribution >= 0.6 is 0 Å². The number of hydrogen-bond donors (Lipinski definition) is 0. The Hall–Kier alpha value is -2.22. The molecule has 1 aromatic carbocycles. The number of nitrogens with zero attached hydrogens (tertiary/aromatic N) is 1. The van der Waals surface area contributed by atoms with Gasteiger partial charge in [-0.25, -0.2) is 8.78 Å². The second-order valence-electron chi connectivity index (χ2n) is 5.89. The molecule has 8 heteroatoms. The molecule has 0 radical (unpaired) electrons. The molecule has 0 bridgehead atoms. The summed E-state index contributed by atoms with van der Waals surface area (Å²) in [7, 11) is -4.09. The molecule has 24 heavy (non-hydrogen) atoms. The maximum atomic E-state index is 12.8. The Balaban J connectivity index is 1.80. The Bertz CT molecular complexity index is 935. The molecule has 2 aromatic rings. The molecule has 2 aliphatic rings. The van der Waals surface area contributed by atoms with Crippen molar-refractivity contribution in [2.24, 2.45) is 0 Å². The van der Waals surface area contributed by atoms with E-state index < -0.39 is 27.3 Å². The van der Waals surface area contributed by atoms with E-state index in [4.69, 9.17) is 4.42 Å². The number of benzene rings is 1. The first-order valence-electron chi connectivity index (χ1n) is 7.46. The van der Waals surface area contributed by atoms with Gasteiger partial charge in [0, 0.05) is 24.4 Å². The summed E-state index contributed by atoms with van der Waals surface area (Å²) < 4.78 is 56.9. The van der Waals surface area contributed by atoms with Gasteiger partial charge in [-0.05, 0) is 30.2 Å². The molecule has 126 valence electrons. The Labute approximate surface area is 136 Å². The number of anilines is 1. The van der Waals surface area contributed by atoms with Crippen LogP contribution in [0.5, 0.6) is 0 Å². The van der Waals surface area contributed by atoms with E-state index in [9.17, 15) is 22.0 Å². The monoisotopic (exact) mass is 353 g/mol. The summed E-state index contributed by atoms with van der Waals surface area (Å²) in [6, 6.07) is 6.97. The molecule has 2 heterocycles. The maximum Gasteiger partial charge on any atom is 0.297 e. The van der Waals surface area contributed by atoms with E-state index in [1.54, 1.807) is 18.2 Å². The van der Waals surface area contributed by atoms with E-state index in [0.29, 0.717) is 24.1 Å². The fourth-order valence-electron chi connectivity index (χ4n) is 3.43. The minimum atomic E-state index is -4.09. The zero-order chi connectivity index (χ0) is 17.1. The Morgan fingerprint density at radius 1 is 1.21 bits per heavy atom. The molecule has 0 amide bonds. The van der Waals surface area contributed by atoms with Gasteiger partial charge in [0.05, 0.1) is 5.69 Å². The topological polar surface area (TPSA) is 67.6 Å². The lowest BCUT2D eigenvalue weighted by Crippen LogP contribution is -2.29. The normalized spacial score (nSPS) is 19.9. The Morgan fingerprint density at radius 3 is 2.71 bits per heavy atom. The Morgan fingerprint density at radius 2 is 2.00 bits per heavy atom. The van der Waals surface area contributed by atoms with Gasteiger partial charge in [0.15, 0.2) is 11.5 Å². The molecule has 0 saturated carbocycles. The van der Waals surface area contributed by atoms with E-state index in [0.717, 1.165) is 22.0 Å². The van der Waals surface area contributed by atoms with Gasteiger partial charge >= 0.3 is 0 Å². The molecule has 0 fully saturated rings. The first-order chi connectivity index (χ1) is 11.4. The number of furan rings is 1. The number of carbonyl (C=O) groups is 1. The number of halogens is 2. The van der Waals surface area contributed by atoms with E-state index >= 15 is 0 Å². The minimum Gasteiger partial charge on any atom is -0.442 e. The number of ketones is 1. The van der Waals surface area contributed by atoms with Gasteiger partial charge in [-0.3, -0.25) is 9.10 Å². The van der Waals surface area contributed by atoms with E-state index in [-0.39, 0.29) is 18.2 Å². The number of sulfonamides is 1. The van der Waals surface area contributed by atoms with Crippen molar-refractivity contribution in [1.29, 1.82) is 0 Å². The molecular formula is C16H13F2NO4S. The summed E-state index contributed by atoms with van der Waals surface area (Å²) in [5, 5.41) is -0.514. The maximum absolute atomic E-state index is 12.8. The third-order valence-corrected chi connectivity index (χ3v) is 6.18. The summed E-state index contributed by atoms with van der Waals surface area (Å²) >= 11 is 0. The van der Waals surface area contributed by atoms with Crippen molar-refractivity contribution in [2.45, 2.75) is 30.3 Å². The van der Waals surface area contributed by atoms with Gasteiger partial charge in [0.25, 0.3) is 16.4 Å². The summed E-state index contributed by atoms with van der Waals surface area (Å²) in [4.78, 5) is 12.0. The van der Waals surface area contributed by atoms with Crippen molar-refractivity contribution in [2.75, 3.05) is 10.8 Å². The average Bonchev–Trinajstić information content (AvgIpc) is 3.18. The summed E-state index contributed by atoms with van der Waals surface area (Å²) in [6.07, 6.45) is -1.92. The SMILES string of the molecule is O=C1CCC2CN(S(=O)(=O)c3ccc(C(F)F)o3)c3cccc1c32. The minimum absolute atomic E-state index is 0.000308. The van der Waals surface area contributed by atoms with Crippen molar-refractivity contribution >= 4 is 21.5 Å². The molecule has 1 aliphatic heterocycles. The largest absolute Gasteiger partial charge is 0.442 e. The van der Waals surface area contributed by atoms with Gasteiger partial charge in [-0.2, -0.15) is 8.42 Å². The van der Waals surface area contributed by atoms with Crippen molar-refractivity contribution in [1.82, 2.24) is 0 Å². The average molecular weight is 353 g/mol. The highest BCUT2D eigenvalue weighted by Crippen LogP contribution is 2.46. The lowest BCUT2D eigenvalue weighted by molar-refractivity contribution is 0.0968. The fraction of sp³-hybridized carbons (Fsp3) is 0.312. The number of Topliss-reactive ketones (excluding diaryl/α,β-unsaturated/α-hetero) is 1. The lowest BCUT2D eigenvalue weighted by Gasteiger charge is -2.18. The highest BCUT2D eigenvalue weighted by atomic mass is 32.2. The van der Waals surface area contributed by atoms with Crippen LogP contribution < -0.4 is 4.31 Å². The molecule has 1 unspecified atom stereocenters. The summed E-state index contributed by atoms with van der Waals surface area (Å²) in [5.41, 5.74) is 1.72. The van der Waals surface area contributed by atoms with Crippen LogP contribution in [0.3, 0.4) is 0 Å². The van der Waals surface area contributed by atoms with Gasteiger partial charge < -0.3 is 4.42 Å². The smallest absolute Gasteiger partial charge is 0.297 e. The predicted molar refractivity (Wildman–Crippen MR) is 80.9 cm³/mol. The van der Waals surface area contributed by atoms with Crippen LogP contribution in [0.15, 0.2) is 39.8 Å². The lowest BCUT2D eigenvalue weighted by atomic mass is 9.83. The molecule has 0 saturated heterocycles. The van der Waals surface area contributed by atoms with Crippen LogP contribution in [0.4, 0.5) is 14.5 Å². The second kappa shape index (κ2) is 5.14. The molecule has 0 N–H and O–H groups in total. The van der Waals surface area contributed by atoms with Gasteiger partial charge in [0.1, 0.15) is 0 Å². The van der Waals surface area contributed by atoms with Crippen LogP contribution in [0, 0.1) is 0 Å². The number of hydrogen-bond acceptors (Lipinski definition) is 4. The highest BCUT2D eigenvalue weighted by Gasteiger charge is 2.42. The van der Waals surface area contributed by atoms with Crippen LogP contribution in [-0.2, 0) is 10.0 Å². The van der Waals surface area contributed by atoms with E-state index in [1.807, 2.05) is 0 Å². The molecule has 1 aliphatic carbocycles. The zero-order valence-corrected chi connectivity index (χ0v) is 13.2. The predicted octanol–water partition coefficient (Wildman–Crippen LogP) is 3.49. The molecule has 4 rings (SSSR count). The molecule has 5 nitrogen and oxygen atoms in total. The summed E-state index contributed by atoms with van der Waals surface area (Å²) in [6.45, 7) is 0.187. The number of carbonyl (C=O) groups excluding carboxylic acids is 1. The van der Waals surface area contributed by atoms with Crippen LogP contribution in [0.1, 0.15) is 46.9 Å². The molecule has 1 atom stereocenters. The van der Waals surface area contributed by atoms with E-state index in [1.165, 1.54) is 0 Å². The van der Waals surface area contributed by atoms with Crippen molar-refractivity contribution < 1.29 is 26.4 Å². The first kappa shape index (κ1) is 15.3. The van der Waals surface area contributed by atoms with Crippen molar-refractivity contribution in [3.05, 3.63) is 47.2 Å². The summed E-state index contributed by atoms with van der Waals surface area (Å²) in [5.74, 6) is -0.744. The van der Waals surface area contributed by atoms with Gasteiger partial charge in [-0.1, -0.05) is 12.1 Å². The molecule has 0 spiro atoms. The number of alkyl halides is 2. The van der Waals surface area contributed by atoms with Crippen LogP contribution in [-0.4, -0.2) is 20.7 Å². The first-order valence-corrected chi connectivity index (χ1v) is 8.90. The fourth-order valence-corrected chi connectivity index (χ4v) is 4.89. The molecule has 1 aromatic heterocycles. The third-order valence-electron chi connectivity index (χ3n) is 4.53. The standard InChI is InChI=1S/C16H13F2NO4S/c17-16(18)13-6-7-14(23-13)24(21,22)19-8-9-4-5-12(20)10-2-1-3-11(19)15(9)10/h1-3,6-7,9,16H,4-5,8H2. The van der Waals surface area contributed by atoms with Crippen molar-refractivity contribution in [3.8, 4) is 0 Å². The van der Waals surface area contributed by atoms with E-state index in [2.05, 4.69) is 0 Å². The van der Waals surface area contributed by atoms with Crippen molar-refractivity contribution in [3.63, 3.8) is 0 Å². The quantitative estimate of drug-likeness (QED) is 0.847. The zero-order valence-electron chi connectivity index (χ0n) is 12.4. The van der Waals surface area contributed by atoms with Gasteiger partial charge in [0.2, 0.25) is 5.09 Å². The van der Waals surface area contributed by atoms with Crippen LogP contribution in [0.2, 0.25) is 0 Å².